The zero-order valence-corrected chi connectivity index (χ0v) is 19.0. The summed E-state index contributed by atoms with van der Waals surface area (Å²) in [5.74, 6) is -0.101. The molecule has 0 aromatic heterocycles. The van der Waals surface area contributed by atoms with Crippen LogP contribution in [0.1, 0.15) is 84.0 Å². The Balaban J connectivity index is 1.79. The van der Waals surface area contributed by atoms with Crippen LogP contribution in [0.15, 0.2) is 12.2 Å². The van der Waals surface area contributed by atoms with E-state index in [1.54, 1.807) is 0 Å². The van der Waals surface area contributed by atoms with E-state index in [9.17, 15) is 9.90 Å². The summed E-state index contributed by atoms with van der Waals surface area (Å²) >= 11 is 0. The highest BCUT2D eigenvalue weighted by molar-refractivity contribution is 5.68. The maximum absolute atomic E-state index is 11.1. The van der Waals surface area contributed by atoms with E-state index in [2.05, 4.69) is 23.8 Å². The second kappa shape index (κ2) is 13.5. The van der Waals surface area contributed by atoms with Gasteiger partial charge >= 0.3 is 5.97 Å². The summed E-state index contributed by atoms with van der Waals surface area (Å²) in [6, 6.07) is 0.0348. The fraction of sp³-hybridized carbons (Fsp3) is 0.875. The predicted octanol–water partition coefficient (Wildman–Crippen LogP) is 4.09. The molecule has 0 amide bonds. The zero-order chi connectivity index (χ0) is 21.8. The number of hydrogen-bond donors (Lipinski definition) is 2. The normalized spacial score (nSPS) is 28.4. The lowest BCUT2D eigenvalue weighted by atomic mass is 9.84. The largest absolute Gasteiger partial charge is 0.469 e. The van der Waals surface area contributed by atoms with Crippen LogP contribution in [-0.2, 0) is 19.0 Å². The van der Waals surface area contributed by atoms with Gasteiger partial charge in [0.05, 0.1) is 26.4 Å². The van der Waals surface area contributed by atoms with Crippen molar-refractivity contribution in [1.29, 1.82) is 0 Å². The molecule has 0 aromatic carbocycles. The Hall–Kier alpha value is -0.950. The van der Waals surface area contributed by atoms with E-state index in [0.717, 1.165) is 51.4 Å². The molecule has 4 atom stereocenters. The first-order valence-electron chi connectivity index (χ1n) is 11.9. The first kappa shape index (κ1) is 25.3. The highest BCUT2D eigenvalue weighted by Gasteiger charge is 2.43. The molecule has 1 aliphatic carbocycles. The van der Waals surface area contributed by atoms with Gasteiger partial charge in [-0.1, -0.05) is 31.9 Å². The first-order valence-corrected chi connectivity index (χ1v) is 11.9. The van der Waals surface area contributed by atoms with Gasteiger partial charge in [0.15, 0.2) is 5.79 Å². The Morgan fingerprint density at radius 1 is 1.13 bits per heavy atom. The van der Waals surface area contributed by atoms with Crippen LogP contribution in [0.5, 0.6) is 0 Å². The van der Waals surface area contributed by atoms with Crippen LogP contribution in [0.3, 0.4) is 0 Å². The number of methoxy groups -OCH3 is 1. The predicted molar refractivity (Wildman–Crippen MR) is 118 cm³/mol. The lowest BCUT2D eigenvalue weighted by Gasteiger charge is -2.31. The van der Waals surface area contributed by atoms with Crippen LogP contribution in [0.4, 0.5) is 0 Å². The summed E-state index contributed by atoms with van der Waals surface area (Å²) < 4.78 is 16.7. The van der Waals surface area contributed by atoms with Gasteiger partial charge in [0, 0.05) is 25.3 Å². The van der Waals surface area contributed by atoms with Gasteiger partial charge in [-0.05, 0) is 56.8 Å². The van der Waals surface area contributed by atoms with Crippen molar-refractivity contribution in [3.05, 3.63) is 12.2 Å². The fourth-order valence-electron chi connectivity index (χ4n) is 4.94. The van der Waals surface area contributed by atoms with Crippen molar-refractivity contribution < 1.29 is 24.1 Å². The van der Waals surface area contributed by atoms with Crippen molar-refractivity contribution in [2.24, 2.45) is 17.6 Å². The lowest BCUT2D eigenvalue weighted by Crippen LogP contribution is -2.34. The average molecular weight is 426 g/mol. The van der Waals surface area contributed by atoms with Crippen molar-refractivity contribution in [2.75, 3.05) is 20.3 Å². The second-order valence-corrected chi connectivity index (χ2v) is 8.93. The van der Waals surface area contributed by atoms with E-state index in [4.69, 9.17) is 15.2 Å². The molecule has 6 heteroatoms. The van der Waals surface area contributed by atoms with Gasteiger partial charge in [0.1, 0.15) is 0 Å². The van der Waals surface area contributed by atoms with Crippen molar-refractivity contribution in [1.82, 2.24) is 0 Å². The second-order valence-electron chi connectivity index (χ2n) is 8.93. The van der Waals surface area contributed by atoms with Gasteiger partial charge in [-0.15, -0.1) is 0 Å². The third-order valence-corrected chi connectivity index (χ3v) is 6.75. The number of unbranched alkanes of at least 4 members (excludes halogenated alkanes) is 4. The number of aliphatic hydroxyl groups is 1. The molecule has 0 aromatic rings. The molecule has 2 fully saturated rings. The molecule has 0 radical (unpaired) electrons. The average Bonchev–Trinajstić information content (AvgIpc) is 3.30. The first-order chi connectivity index (χ1) is 14.5. The third kappa shape index (κ3) is 7.95. The zero-order valence-electron chi connectivity index (χ0n) is 19.0. The van der Waals surface area contributed by atoms with Crippen molar-refractivity contribution in [2.45, 2.75) is 102 Å². The van der Waals surface area contributed by atoms with Gasteiger partial charge in [0.2, 0.25) is 0 Å². The Labute approximate surface area is 182 Å². The van der Waals surface area contributed by atoms with Crippen LogP contribution in [0, 0.1) is 11.8 Å². The van der Waals surface area contributed by atoms with Crippen molar-refractivity contribution >= 4 is 5.97 Å². The van der Waals surface area contributed by atoms with Gasteiger partial charge in [-0.3, -0.25) is 4.79 Å². The number of nitrogens with two attached hydrogens (primary N) is 1. The molecule has 1 unspecified atom stereocenters. The van der Waals surface area contributed by atoms with E-state index >= 15 is 0 Å². The highest BCUT2D eigenvalue weighted by Crippen LogP contribution is 2.40. The molecule has 1 aliphatic heterocycles. The van der Waals surface area contributed by atoms with E-state index in [1.807, 2.05) is 0 Å². The molecular formula is C24H43NO5. The molecule has 30 heavy (non-hydrogen) atoms. The van der Waals surface area contributed by atoms with Crippen molar-refractivity contribution in [3.63, 3.8) is 0 Å². The molecule has 1 heterocycles. The minimum absolute atomic E-state index is 0.0348. The van der Waals surface area contributed by atoms with Gasteiger partial charge in [0.25, 0.3) is 0 Å². The van der Waals surface area contributed by atoms with E-state index < -0.39 is 5.79 Å². The van der Waals surface area contributed by atoms with Gasteiger partial charge < -0.3 is 25.1 Å². The Bertz CT molecular complexity index is 518. The molecule has 0 bridgehead atoms. The molecule has 2 aliphatic rings. The minimum atomic E-state index is -0.442. The van der Waals surface area contributed by atoms with Crippen LogP contribution in [-0.4, -0.2) is 49.3 Å². The van der Waals surface area contributed by atoms with Crippen molar-refractivity contribution in [3.8, 4) is 0 Å². The quantitative estimate of drug-likeness (QED) is 0.247. The number of hydrogen-bond acceptors (Lipinski definition) is 6. The molecule has 174 valence electrons. The maximum Gasteiger partial charge on any atom is 0.305 e. The number of rotatable bonds is 14. The fourth-order valence-corrected chi connectivity index (χ4v) is 4.94. The standard InChI is InChI=1S/C24H43NO5/c1-3-4-10-14-24(29-16-17-30-24)15-13-19-20(22(26)18-21(19)25)11-8-6-5-7-9-12-23(27)28-2/h6,8,19-22,26H,3-5,7,9-18,25H2,1-2H3/b8-6-/t19-,20?,21-,22+/m1/s1. The number of aliphatic hydroxyl groups excluding tert-OH is 1. The van der Waals surface area contributed by atoms with Crippen LogP contribution in [0.25, 0.3) is 0 Å². The highest BCUT2D eigenvalue weighted by atomic mass is 16.7. The summed E-state index contributed by atoms with van der Waals surface area (Å²) in [6.07, 6.45) is 15.0. The summed E-state index contributed by atoms with van der Waals surface area (Å²) in [5, 5.41) is 10.6. The summed E-state index contributed by atoms with van der Waals surface area (Å²) in [4.78, 5) is 11.1. The minimum Gasteiger partial charge on any atom is -0.469 e. The molecule has 6 nitrogen and oxygen atoms in total. The summed E-state index contributed by atoms with van der Waals surface area (Å²) in [7, 11) is 1.42. The Morgan fingerprint density at radius 2 is 1.90 bits per heavy atom. The number of esters is 1. The number of carbonyl (C=O) groups excluding carboxylic acids is 1. The van der Waals surface area contributed by atoms with Crippen LogP contribution < -0.4 is 5.73 Å². The van der Waals surface area contributed by atoms with E-state index in [1.165, 1.54) is 20.0 Å². The maximum atomic E-state index is 11.1. The summed E-state index contributed by atoms with van der Waals surface area (Å²) in [6.45, 7) is 3.56. The van der Waals surface area contributed by atoms with Gasteiger partial charge in [-0.2, -0.15) is 0 Å². The molecule has 1 saturated heterocycles. The van der Waals surface area contributed by atoms with E-state index in [-0.39, 0.29) is 24.0 Å². The SMILES string of the molecule is CCCCCC1(CC[C@@H]2C(C/C=C\CCCCC(=O)OC)[C@@H](O)C[C@H]2N)OCCO1. The number of allylic oxidation sites excluding steroid dienone is 2. The van der Waals surface area contributed by atoms with Crippen LogP contribution >= 0.6 is 0 Å². The number of ether oxygens (including phenoxy) is 3. The third-order valence-electron chi connectivity index (χ3n) is 6.75. The molecule has 3 N–H and O–H groups in total. The van der Waals surface area contributed by atoms with Crippen LogP contribution in [0.2, 0.25) is 0 Å². The Morgan fingerprint density at radius 3 is 2.60 bits per heavy atom. The Kier molecular flexibility index (Phi) is 11.4. The number of carbonyl (C=O) groups is 1. The van der Waals surface area contributed by atoms with E-state index in [0.29, 0.717) is 32.0 Å². The van der Waals surface area contributed by atoms with Gasteiger partial charge in [-0.25, -0.2) is 0 Å². The molecule has 1 saturated carbocycles. The molecule has 0 spiro atoms. The molecular weight excluding hydrogens is 382 g/mol. The molecule has 2 rings (SSSR count). The smallest absolute Gasteiger partial charge is 0.305 e. The monoisotopic (exact) mass is 425 g/mol. The lowest BCUT2D eigenvalue weighted by molar-refractivity contribution is -0.170. The topological polar surface area (TPSA) is 91.0 Å². The summed E-state index contributed by atoms with van der Waals surface area (Å²) in [5.41, 5.74) is 6.41.